The van der Waals surface area contributed by atoms with E-state index in [-0.39, 0.29) is 0 Å². The second-order valence-corrected chi connectivity index (χ2v) is 10.8. The number of rotatable bonds is 5. The Hall–Kier alpha value is -2.59. The Labute approximate surface area is 185 Å². The average Bonchev–Trinajstić information content (AvgIpc) is 3.43. The molecule has 0 saturated carbocycles. The summed E-state index contributed by atoms with van der Waals surface area (Å²) in [6.45, 7) is 4.98. The van der Waals surface area contributed by atoms with Gasteiger partial charge >= 0.3 is 0 Å². The zero-order valence-electron chi connectivity index (χ0n) is 17.2. The van der Waals surface area contributed by atoms with Crippen LogP contribution in [0.5, 0.6) is 0 Å². The third-order valence-electron chi connectivity index (χ3n) is 5.53. The standard InChI is InChI=1S/C22H23N5O2S2/c1-17-5-2-6-18(15-17)27-20(24-19-7-3-9-23-22(19)27)16-25-10-12-26(13-11-25)31(28,29)21-8-4-14-30-21/h2-9,14-15H,10-13,16H2,1H3. The maximum Gasteiger partial charge on any atom is 0.252 e. The molecule has 9 heteroatoms. The molecular formula is C22H23N5O2S2. The molecule has 1 saturated heterocycles. The van der Waals surface area contributed by atoms with E-state index in [2.05, 4.69) is 39.6 Å². The summed E-state index contributed by atoms with van der Waals surface area (Å²) in [6, 6.07) is 15.6. The van der Waals surface area contributed by atoms with E-state index in [4.69, 9.17) is 4.98 Å². The average molecular weight is 454 g/mol. The highest BCUT2D eigenvalue weighted by Crippen LogP contribution is 2.24. The largest absolute Gasteiger partial charge is 0.293 e. The van der Waals surface area contributed by atoms with Crippen LogP contribution in [0.25, 0.3) is 16.9 Å². The smallest absolute Gasteiger partial charge is 0.252 e. The first-order valence-corrected chi connectivity index (χ1v) is 12.5. The highest BCUT2D eigenvalue weighted by atomic mass is 32.2. The summed E-state index contributed by atoms with van der Waals surface area (Å²) in [5.41, 5.74) is 3.91. The first-order chi connectivity index (χ1) is 15.0. The number of imidazole rings is 1. The number of thiophene rings is 1. The van der Waals surface area contributed by atoms with Gasteiger partial charge in [-0.3, -0.25) is 9.47 Å². The van der Waals surface area contributed by atoms with E-state index in [1.165, 1.54) is 16.9 Å². The molecule has 0 radical (unpaired) electrons. The summed E-state index contributed by atoms with van der Waals surface area (Å²) in [4.78, 5) is 11.7. The third kappa shape index (κ3) is 3.89. The summed E-state index contributed by atoms with van der Waals surface area (Å²) < 4.78 is 29.7. The number of pyridine rings is 1. The maximum atomic E-state index is 12.8. The van der Waals surface area contributed by atoms with Gasteiger partial charge in [0.05, 0.1) is 6.54 Å². The predicted octanol–water partition coefficient (Wildman–Crippen LogP) is 3.30. The molecule has 1 aliphatic heterocycles. The van der Waals surface area contributed by atoms with Crippen LogP contribution in [-0.2, 0) is 16.6 Å². The van der Waals surface area contributed by atoms with Crippen LogP contribution in [0.1, 0.15) is 11.4 Å². The molecule has 0 amide bonds. The highest BCUT2D eigenvalue weighted by Gasteiger charge is 2.29. The minimum atomic E-state index is -3.40. The van der Waals surface area contributed by atoms with Crippen LogP contribution in [0, 0.1) is 6.92 Å². The Balaban J connectivity index is 1.39. The molecule has 7 nitrogen and oxygen atoms in total. The van der Waals surface area contributed by atoms with Crippen molar-refractivity contribution >= 4 is 32.5 Å². The lowest BCUT2D eigenvalue weighted by Gasteiger charge is -2.33. The summed E-state index contributed by atoms with van der Waals surface area (Å²) in [5, 5.41) is 1.80. The van der Waals surface area contributed by atoms with Gasteiger partial charge in [-0.05, 0) is 48.2 Å². The molecular weight excluding hydrogens is 430 g/mol. The molecule has 0 unspecified atom stereocenters. The number of sulfonamides is 1. The monoisotopic (exact) mass is 453 g/mol. The third-order valence-corrected chi connectivity index (χ3v) is 8.80. The van der Waals surface area contributed by atoms with Gasteiger partial charge in [-0.2, -0.15) is 4.31 Å². The molecule has 0 atom stereocenters. The zero-order chi connectivity index (χ0) is 21.4. The molecule has 0 bridgehead atoms. The summed E-state index contributed by atoms with van der Waals surface area (Å²) in [7, 11) is -3.40. The van der Waals surface area contributed by atoms with Gasteiger partial charge < -0.3 is 0 Å². The molecule has 1 aliphatic rings. The molecule has 1 aromatic carbocycles. The van der Waals surface area contributed by atoms with Gasteiger partial charge in [0.25, 0.3) is 10.0 Å². The number of nitrogens with zero attached hydrogens (tertiary/aromatic N) is 5. The number of aromatic nitrogens is 3. The van der Waals surface area contributed by atoms with Crippen LogP contribution in [0.2, 0.25) is 0 Å². The Morgan fingerprint density at radius 3 is 2.61 bits per heavy atom. The number of fused-ring (bicyclic) bond motifs is 1. The lowest BCUT2D eigenvalue weighted by atomic mass is 10.2. The van der Waals surface area contributed by atoms with Crippen molar-refractivity contribution in [3.05, 3.63) is 71.5 Å². The molecule has 0 spiro atoms. The molecule has 160 valence electrons. The van der Waals surface area contributed by atoms with Crippen molar-refractivity contribution < 1.29 is 8.42 Å². The topological polar surface area (TPSA) is 71.3 Å². The van der Waals surface area contributed by atoms with E-state index in [1.807, 2.05) is 18.2 Å². The van der Waals surface area contributed by atoms with E-state index in [9.17, 15) is 8.42 Å². The molecule has 3 aromatic heterocycles. The van der Waals surface area contributed by atoms with Gasteiger partial charge in [0.15, 0.2) is 5.65 Å². The fourth-order valence-corrected chi connectivity index (χ4v) is 6.54. The molecule has 4 heterocycles. The molecule has 0 aliphatic carbocycles. The minimum Gasteiger partial charge on any atom is -0.293 e. The Kier molecular flexibility index (Phi) is 5.35. The summed E-state index contributed by atoms with van der Waals surface area (Å²) in [6.07, 6.45) is 1.79. The van der Waals surface area contributed by atoms with Crippen molar-refractivity contribution in [3.63, 3.8) is 0 Å². The number of piperazine rings is 1. The lowest BCUT2D eigenvalue weighted by molar-refractivity contribution is 0.178. The van der Waals surface area contributed by atoms with Crippen LogP contribution in [0.15, 0.2) is 64.3 Å². The summed E-state index contributed by atoms with van der Waals surface area (Å²) in [5.74, 6) is 0.911. The number of hydrogen-bond donors (Lipinski definition) is 0. The molecule has 1 fully saturated rings. The number of benzene rings is 1. The fraction of sp³-hybridized carbons (Fsp3) is 0.273. The van der Waals surface area contributed by atoms with E-state index in [1.54, 1.807) is 28.0 Å². The van der Waals surface area contributed by atoms with Crippen LogP contribution >= 0.6 is 11.3 Å². The molecule has 0 N–H and O–H groups in total. The van der Waals surface area contributed by atoms with Crippen LogP contribution in [-0.4, -0.2) is 58.3 Å². The van der Waals surface area contributed by atoms with Crippen LogP contribution in [0.4, 0.5) is 0 Å². The van der Waals surface area contributed by atoms with E-state index in [0.29, 0.717) is 36.9 Å². The Morgan fingerprint density at radius 1 is 1.03 bits per heavy atom. The van der Waals surface area contributed by atoms with Gasteiger partial charge in [-0.1, -0.05) is 18.2 Å². The van der Waals surface area contributed by atoms with Gasteiger partial charge in [-0.15, -0.1) is 11.3 Å². The van der Waals surface area contributed by atoms with E-state index < -0.39 is 10.0 Å². The highest BCUT2D eigenvalue weighted by molar-refractivity contribution is 7.91. The minimum absolute atomic E-state index is 0.410. The van der Waals surface area contributed by atoms with Crippen molar-refractivity contribution in [3.8, 4) is 5.69 Å². The SMILES string of the molecule is Cc1cccc(-n2c(CN3CCN(S(=O)(=O)c4cccs4)CC3)nc3cccnc32)c1. The Morgan fingerprint density at radius 2 is 1.87 bits per heavy atom. The van der Waals surface area contributed by atoms with E-state index >= 15 is 0 Å². The molecule has 4 aromatic rings. The second kappa shape index (κ2) is 8.16. The van der Waals surface area contributed by atoms with Crippen molar-refractivity contribution in [1.29, 1.82) is 0 Å². The quantitative estimate of drug-likeness (QED) is 0.464. The lowest BCUT2D eigenvalue weighted by Crippen LogP contribution is -2.48. The van der Waals surface area contributed by atoms with Crippen molar-refractivity contribution in [2.75, 3.05) is 26.2 Å². The van der Waals surface area contributed by atoms with Gasteiger partial charge in [-0.25, -0.2) is 18.4 Å². The van der Waals surface area contributed by atoms with Crippen LogP contribution < -0.4 is 0 Å². The predicted molar refractivity (Wildman–Crippen MR) is 122 cm³/mol. The maximum absolute atomic E-state index is 12.8. The van der Waals surface area contributed by atoms with Gasteiger partial charge in [0, 0.05) is 38.1 Å². The van der Waals surface area contributed by atoms with Crippen molar-refractivity contribution in [2.24, 2.45) is 0 Å². The zero-order valence-corrected chi connectivity index (χ0v) is 18.8. The van der Waals surface area contributed by atoms with Crippen LogP contribution in [0.3, 0.4) is 0 Å². The molecule has 31 heavy (non-hydrogen) atoms. The summed E-state index contributed by atoms with van der Waals surface area (Å²) >= 11 is 1.27. The normalized spacial score (nSPS) is 16.2. The second-order valence-electron chi connectivity index (χ2n) is 7.66. The number of aryl methyl sites for hydroxylation is 1. The van der Waals surface area contributed by atoms with Gasteiger partial charge in [0.1, 0.15) is 15.6 Å². The fourth-order valence-electron chi connectivity index (χ4n) is 3.97. The van der Waals surface area contributed by atoms with Crippen molar-refractivity contribution in [2.45, 2.75) is 17.7 Å². The first kappa shape index (κ1) is 20.3. The Bertz CT molecular complexity index is 1310. The number of hydrogen-bond acceptors (Lipinski definition) is 6. The van der Waals surface area contributed by atoms with Crippen molar-refractivity contribution in [1.82, 2.24) is 23.7 Å². The van der Waals surface area contributed by atoms with Gasteiger partial charge in [0.2, 0.25) is 0 Å². The van der Waals surface area contributed by atoms with E-state index in [0.717, 1.165) is 22.7 Å². The molecule has 5 rings (SSSR count). The first-order valence-electron chi connectivity index (χ1n) is 10.2.